The van der Waals surface area contributed by atoms with E-state index in [0.29, 0.717) is 0 Å². The third-order valence-electron chi connectivity index (χ3n) is 2.58. The monoisotopic (exact) mass is 294 g/mol. The molecule has 3 nitrogen and oxygen atoms in total. The maximum absolute atomic E-state index is 11.9. The maximum Gasteiger partial charge on any atom is 0.244 e. The number of rotatable bonds is 2. The molecule has 1 rings (SSSR count). The average molecular weight is 295 g/mol. The van der Waals surface area contributed by atoms with Crippen molar-refractivity contribution in [2.24, 2.45) is 5.41 Å². The molecule has 0 unspecified atom stereocenters. The van der Waals surface area contributed by atoms with Crippen LogP contribution < -0.4 is 5.32 Å². The van der Waals surface area contributed by atoms with Gasteiger partial charge in [-0.1, -0.05) is 15.9 Å². The molecule has 1 amide bonds. The lowest BCUT2D eigenvalue weighted by Gasteiger charge is -2.18. The number of hydrogen-bond acceptors (Lipinski definition) is 2. The zero-order valence-electron chi connectivity index (χ0n) is 10.4. The number of nitriles is 1. The Labute approximate surface area is 110 Å². The molecule has 0 saturated carbocycles. The lowest BCUT2D eigenvalue weighted by atomic mass is 9.94. The van der Waals surface area contributed by atoms with E-state index in [1.807, 2.05) is 32.0 Å². The lowest BCUT2D eigenvalue weighted by Crippen LogP contribution is -2.29. The second kappa shape index (κ2) is 4.89. The van der Waals surface area contributed by atoms with Gasteiger partial charge in [0.25, 0.3) is 0 Å². The van der Waals surface area contributed by atoms with Gasteiger partial charge in [-0.2, -0.15) is 5.26 Å². The zero-order valence-corrected chi connectivity index (χ0v) is 12.0. The van der Waals surface area contributed by atoms with Gasteiger partial charge in [-0.05, 0) is 51.0 Å². The summed E-state index contributed by atoms with van der Waals surface area (Å²) in [4.78, 5) is 11.9. The molecule has 0 saturated heterocycles. The highest BCUT2D eigenvalue weighted by Gasteiger charge is 2.27. The van der Waals surface area contributed by atoms with Crippen molar-refractivity contribution in [2.45, 2.75) is 27.7 Å². The summed E-state index contributed by atoms with van der Waals surface area (Å²) in [6, 6.07) is 5.86. The van der Waals surface area contributed by atoms with Gasteiger partial charge in [0.1, 0.15) is 5.41 Å². The first-order chi connectivity index (χ1) is 7.77. The minimum Gasteiger partial charge on any atom is -0.324 e. The summed E-state index contributed by atoms with van der Waals surface area (Å²) in [6.45, 7) is 7.05. The van der Waals surface area contributed by atoms with E-state index in [0.717, 1.165) is 21.3 Å². The molecule has 0 bridgehead atoms. The predicted molar refractivity (Wildman–Crippen MR) is 71.6 cm³/mol. The summed E-state index contributed by atoms with van der Waals surface area (Å²) in [7, 11) is 0. The highest BCUT2D eigenvalue weighted by molar-refractivity contribution is 9.10. The van der Waals surface area contributed by atoms with Crippen LogP contribution in [0.5, 0.6) is 0 Å². The molecule has 90 valence electrons. The number of carbonyl (C=O) groups is 1. The molecule has 0 fully saturated rings. The van der Waals surface area contributed by atoms with Crippen LogP contribution >= 0.6 is 15.9 Å². The predicted octanol–water partition coefficient (Wildman–Crippen LogP) is 3.55. The summed E-state index contributed by atoms with van der Waals surface area (Å²) in [5.74, 6) is -0.284. The Kier molecular flexibility index (Phi) is 3.94. The van der Waals surface area contributed by atoms with E-state index in [-0.39, 0.29) is 5.91 Å². The molecular weight excluding hydrogens is 280 g/mol. The number of halogens is 1. The number of nitrogens with zero attached hydrogens (tertiary/aromatic N) is 1. The van der Waals surface area contributed by atoms with Crippen LogP contribution in [0.15, 0.2) is 16.6 Å². The van der Waals surface area contributed by atoms with E-state index >= 15 is 0 Å². The van der Waals surface area contributed by atoms with Gasteiger partial charge in [0, 0.05) is 10.2 Å². The number of carbonyl (C=O) groups excluding carboxylic acids is 1. The summed E-state index contributed by atoms with van der Waals surface area (Å²) in [5.41, 5.74) is 1.70. The van der Waals surface area contributed by atoms with Crippen LogP contribution in [0.3, 0.4) is 0 Å². The third kappa shape index (κ3) is 3.07. The summed E-state index contributed by atoms with van der Waals surface area (Å²) < 4.78 is 0.977. The second-order valence-corrected chi connectivity index (χ2v) is 5.52. The van der Waals surface area contributed by atoms with Crippen molar-refractivity contribution in [3.8, 4) is 6.07 Å². The van der Waals surface area contributed by atoms with Crippen molar-refractivity contribution >= 4 is 27.5 Å². The molecule has 0 atom stereocenters. The molecule has 0 heterocycles. The maximum atomic E-state index is 11.9. The highest BCUT2D eigenvalue weighted by atomic mass is 79.9. The van der Waals surface area contributed by atoms with Gasteiger partial charge in [-0.25, -0.2) is 0 Å². The Morgan fingerprint density at radius 1 is 1.35 bits per heavy atom. The summed E-state index contributed by atoms with van der Waals surface area (Å²) in [5, 5.41) is 11.7. The van der Waals surface area contributed by atoms with Crippen molar-refractivity contribution in [2.75, 3.05) is 5.32 Å². The fourth-order valence-electron chi connectivity index (χ4n) is 1.43. The Bertz CT molecular complexity index is 478. The number of aryl methyl sites for hydroxylation is 2. The van der Waals surface area contributed by atoms with Crippen LogP contribution in [0.4, 0.5) is 5.69 Å². The fraction of sp³-hybridized carbons (Fsp3) is 0.385. The van der Waals surface area contributed by atoms with Gasteiger partial charge >= 0.3 is 0 Å². The first-order valence-corrected chi connectivity index (χ1v) is 6.06. The van der Waals surface area contributed by atoms with E-state index < -0.39 is 5.41 Å². The topological polar surface area (TPSA) is 52.9 Å². The van der Waals surface area contributed by atoms with Gasteiger partial charge in [0.2, 0.25) is 5.91 Å². The van der Waals surface area contributed by atoms with Crippen LogP contribution in [-0.4, -0.2) is 5.91 Å². The standard InChI is InChI=1S/C13H15BrN2O/c1-8-5-10(14)6-9(2)11(8)16-12(17)13(3,4)7-15/h5-6H,1-4H3,(H,16,17). The van der Waals surface area contributed by atoms with Crippen molar-refractivity contribution < 1.29 is 4.79 Å². The van der Waals surface area contributed by atoms with E-state index in [1.54, 1.807) is 13.8 Å². The SMILES string of the molecule is Cc1cc(Br)cc(C)c1NC(=O)C(C)(C)C#N. The smallest absolute Gasteiger partial charge is 0.244 e. The van der Waals surface area contributed by atoms with E-state index in [2.05, 4.69) is 21.2 Å². The number of nitrogens with one attached hydrogen (secondary N) is 1. The highest BCUT2D eigenvalue weighted by Crippen LogP contribution is 2.27. The van der Waals surface area contributed by atoms with E-state index in [9.17, 15) is 4.79 Å². The molecule has 0 spiro atoms. The number of anilines is 1. The van der Waals surface area contributed by atoms with Gasteiger partial charge < -0.3 is 5.32 Å². The largest absolute Gasteiger partial charge is 0.324 e. The summed E-state index contributed by atoms with van der Waals surface area (Å²) in [6.07, 6.45) is 0. The number of hydrogen-bond donors (Lipinski definition) is 1. The molecule has 0 aliphatic carbocycles. The lowest BCUT2D eigenvalue weighted by molar-refractivity contribution is -0.121. The molecule has 4 heteroatoms. The summed E-state index contributed by atoms with van der Waals surface area (Å²) >= 11 is 3.40. The minimum absolute atomic E-state index is 0.284. The van der Waals surface area contributed by atoms with E-state index in [1.165, 1.54) is 0 Å². The van der Waals surface area contributed by atoms with Crippen molar-refractivity contribution in [1.29, 1.82) is 5.26 Å². The molecule has 0 radical (unpaired) electrons. The van der Waals surface area contributed by atoms with Crippen LogP contribution in [0.2, 0.25) is 0 Å². The van der Waals surface area contributed by atoms with Gasteiger partial charge in [-0.3, -0.25) is 4.79 Å². The van der Waals surface area contributed by atoms with Crippen molar-refractivity contribution in [1.82, 2.24) is 0 Å². The molecule has 0 aromatic heterocycles. The molecule has 17 heavy (non-hydrogen) atoms. The molecule has 1 N–H and O–H groups in total. The molecule has 0 aliphatic heterocycles. The van der Waals surface area contributed by atoms with Gasteiger partial charge in [0.15, 0.2) is 0 Å². The first kappa shape index (κ1) is 13.7. The Morgan fingerprint density at radius 2 is 1.82 bits per heavy atom. The Morgan fingerprint density at radius 3 is 2.24 bits per heavy atom. The normalized spacial score (nSPS) is 10.8. The Hall–Kier alpha value is -1.34. The van der Waals surface area contributed by atoms with Crippen LogP contribution in [-0.2, 0) is 4.79 Å². The Balaban J connectivity index is 3.06. The van der Waals surface area contributed by atoms with Crippen LogP contribution in [0.1, 0.15) is 25.0 Å². The van der Waals surface area contributed by atoms with Crippen LogP contribution in [0.25, 0.3) is 0 Å². The van der Waals surface area contributed by atoms with Gasteiger partial charge in [-0.15, -0.1) is 0 Å². The van der Waals surface area contributed by atoms with Crippen LogP contribution in [0, 0.1) is 30.6 Å². The van der Waals surface area contributed by atoms with Crippen molar-refractivity contribution in [3.05, 3.63) is 27.7 Å². The first-order valence-electron chi connectivity index (χ1n) is 5.27. The number of amides is 1. The zero-order chi connectivity index (χ0) is 13.2. The quantitative estimate of drug-likeness (QED) is 0.907. The molecule has 0 aliphatic rings. The molecule has 1 aromatic rings. The van der Waals surface area contributed by atoms with Crippen molar-refractivity contribution in [3.63, 3.8) is 0 Å². The molecular formula is C13H15BrN2O. The second-order valence-electron chi connectivity index (χ2n) is 4.61. The molecule has 1 aromatic carbocycles. The third-order valence-corrected chi connectivity index (χ3v) is 3.04. The van der Waals surface area contributed by atoms with Gasteiger partial charge in [0.05, 0.1) is 6.07 Å². The average Bonchev–Trinajstić information content (AvgIpc) is 2.22. The van der Waals surface area contributed by atoms with E-state index in [4.69, 9.17) is 5.26 Å². The fourth-order valence-corrected chi connectivity index (χ4v) is 2.12. The number of benzene rings is 1. The minimum atomic E-state index is -1.02.